The van der Waals surface area contributed by atoms with Crippen LogP contribution in [0.15, 0.2) is 18.2 Å². The van der Waals surface area contributed by atoms with Gasteiger partial charge in [-0.3, -0.25) is 4.79 Å². The summed E-state index contributed by atoms with van der Waals surface area (Å²) < 4.78 is 0. The highest BCUT2D eigenvalue weighted by molar-refractivity contribution is 5.97. The molecule has 0 saturated carbocycles. The van der Waals surface area contributed by atoms with Crippen molar-refractivity contribution in [3.8, 4) is 0 Å². The molecule has 0 N–H and O–H groups in total. The van der Waals surface area contributed by atoms with Crippen LogP contribution < -0.4 is 0 Å². The first-order chi connectivity index (χ1) is 8.65. The summed E-state index contributed by atoms with van der Waals surface area (Å²) in [6.07, 6.45) is 8.12. The maximum Gasteiger partial charge on any atom is 0.163 e. The fourth-order valence-electron chi connectivity index (χ4n) is 2.33. The molecule has 0 aliphatic rings. The van der Waals surface area contributed by atoms with Crippen molar-refractivity contribution in [3.05, 3.63) is 34.9 Å². The Morgan fingerprint density at radius 2 is 1.67 bits per heavy atom. The second kappa shape index (κ2) is 8.07. The van der Waals surface area contributed by atoms with Crippen LogP contribution in [-0.2, 0) is 0 Å². The second-order valence-electron chi connectivity index (χ2n) is 5.26. The highest BCUT2D eigenvalue weighted by Crippen LogP contribution is 2.15. The van der Waals surface area contributed by atoms with Gasteiger partial charge in [0.1, 0.15) is 0 Å². The molecule has 0 fully saturated rings. The lowest BCUT2D eigenvalue weighted by molar-refractivity contribution is 0.0978. The number of rotatable bonds is 8. The van der Waals surface area contributed by atoms with E-state index in [9.17, 15) is 4.79 Å². The molecular formula is C17H26O. The highest BCUT2D eigenvalue weighted by Gasteiger charge is 2.08. The van der Waals surface area contributed by atoms with Crippen LogP contribution in [0.25, 0.3) is 0 Å². The van der Waals surface area contributed by atoms with Crippen molar-refractivity contribution in [1.82, 2.24) is 0 Å². The minimum Gasteiger partial charge on any atom is -0.294 e. The lowest BCUT2D eigenvalue weighted by Crippen LogP contribution is -2.01. The van der Waals surface area contributed by atoms with E-state index in [0.717, 1.165) is 17.5 Å². The van der Waals surface area contributed by atoms with E-state index in [4.69, 9.17) is 0 Å². The van der Waals surface area contributed by atoms with Gasteiger partial charge >= 0.3 is 0 Å². The van der Waals surface area contributed by atoms with Crippen LogP contribution in [0.5, 0.6) is 0 Å². The van der Waals surface area contributed by atoms with Gasteiger partial charge in [0.2, 0.25) is 0 Å². The van der Waals surface area contributed by atoms with E-state index >= 15 is 0 Å². The number of unbranched alkanes of at least 4 members (excludes halogenated alkanes) is 5. The summed E-state index contributed by atoms with van der Waals surface area (Å²) in [6, 6.07) is 6.10. The van der Waals surface area contributed by atoms with Crippen molar-refractivity contribution in [3.63, 3.8) is 0 Å². The molecule has 1 heteroatoms. The zero-order chi connectivity index (χ0) is 13.4. The first kappa shape index (κ1) is 14.9. The number of hydrogen-bond donors (Lipinski definition) is 0. The summed E-state index contributed by atoms with van der Waals surface area (Å²) in [4.78, 5) is 12.1. The quantitative estimate of drug-likeness (QED) is 0.453. The maximum atomic E-state index is 12.1. The number of ketones is 1. The van der Waals surface area contributed by atoms with E-state index in [1.165, 1.54) is 37.7 Å². The van der Waals surface area contributed by atoms with Crippen LogP contribution in [0.4, 0.5) is 0 Å². The number of aryl methyl sites for hydroxylation is 2. The average Bonchev–Trinajstić information content (AvgIpc) is 2.33. The normalized spacial score (nSPS) is 10.6. The van der Waals surface area contributed by atoms with E-state index < -0.39 is 0 Å². The molecule has 0 bridgehead atoms. The molecule has 1 aromatic carbocycles. The summed E-state index contributed by atoms with van der Waals surface area (Å²) in [5.41, 5.74) is 3.25. The van der Waals surface area contributed by atoms with Crippen LogP contribution in [0, 0.1) is 13.8 Å². The van der Waals surface area contributed by atoms with Gasteiger partial charge in [0.15, 0.2) is 5.78 Å². The number of Topliss-reactive ketones (excluding diaryl/α,β-unsaturated/α-hetero) is 1. The molecule has 0 aliphatic heterocycles. The molecule has 1 aromatic rings. The van der Waals surface area contributed by atoms with Crippen molar-refractivity contribution >= 4 is 5.78 Å². The summed E-state index contributed by atoms with van der Waals surface area (Å²) in [7, 11) is 0. The first-order valence-corrected chi connectivity index (χ1v) is 7.25. The average molecular weight is 246 g/mol. The maximum absolute atomic E-state index is 12.1. The Balaban J connectivity index is 2.32. The Kier molecular flexibility index (Phi) is 6.70. The van der Waals surface area contributed by atoms with Crippen molar-refractivity contribution in [2.45, 2.75) is 65.7 Å². The van der Waals surface area contributed by atoms with Gasteiger partial charge in [-0.1, -0.05) is 62.8 Å². The molecule has 0 spiro atoms. The number of carbonyl (C=O) groups excluding carboxylic acids is 1. The van der Waals surface area contributed by atoms with E-state index in [0.29, 0.717) is 12.2 Å². The SMILES string of the molecule is CCCCCCCCC(=O)c1ccc(C)cc1C. The third kappa shape index (κ3) is 5.03. The Hall–Kier alpha value is -1.11. The lowest BCUT2D eigenvalue weighted by atomic mass is 9.98. The van der Waals surface area contributed by atoms with Gasteiger partial charge in [0, 0.05) is 12.0 Å². The van der Waals surface area contributed by atoms with Crippen molar-refractivity contribution < 1.29 is 4.79 Å². The Morgan fingerprint density at radius 1 is 1.00 bits per heavy atom. The molecule has 0 aliphatic carbocycles. The molecule has 1 nitrogen and oxygen atoms in total. The number of carbonyl (C=O) groups is 1. The third-order valence-electron chi connectivity index (χ3n) is 3.44. The molecular weight excluding hydrogens is 220 g/mol. The standard InChI is InChI=1S/C17H26O/c1-4-5-6-7-8-9-10-17(18)16-12-11-14(2)13-15(16)3/h11-13H,4-10H2,1-3H3. The summed E-state index contributed by atoms with van der Waals surface area (Å²) >= 11 is 0. The van der Waals surface area contributed by atoms with Crippen molar-refractivity contribution in [2.24, 2.45) is 0 Å². The van der Waals surface area contributed by atoms with E-state index in [1.807, 2.05) is 19.1 Å². The fraction of sp³-hybridized carbons (Fsp3) is 0.588. The third-order valence-corrected chi connectivity index (χ3v) is 3.44. The molecule has 0 radical (unpaired) electrons. The van der Waals surface area contributed by atoms with Gasteiger partial charge in [0.25, 0.3) is 0 Å². The van der Waals surface area contributed by atoms with Gasteiger partial charge in [-0.25, -0.2) is 0 Å². The van der Waals surface area contributed by atoms with E-state index in [1.54, 1.807) is 0 Å². The Bertz CT molecular complexity index is 379. The summed E-state index contributed by atoms with van der Waals surface area (Å²) in [6.45, 7) is 6.32. The molecule has 0 unspecified atom stereocenters. The molecule has 0 atom stereocenters. The van der Waals surface area contributed by atoms with Crippen molar-refractivity contribution in [1.29, 1.82) is 0 Å². The molecule has 0 amide bonds. The number of hydrogen-bond acceptors (Lipinski definition) is 1. The smallest absolute Gasteiger partial charge is 0.163 e. The van der Waals surface area contributed by atoms with Gasteiger partial charge in [-0.15, -0.1) is 0 Å². The zero-order valence-electron chi connectivity index (χ0n) is 12.1. The van der Waals surface area contributed by atoms with Crippen molar-refractivity contribution in [2.75, 3.05) is 0 Å². The topological polar surface area (TPSA) is 17.1 Å². The van der Waals surface area contributed by atoms with Gasteiger partial charge < -0.3 is 0 Å². The predicted octanol–water partition coefficient (Wildman–Crippen LogP) is 5.24. The molecule has 0 aromatic heterocycles. The molecule has 1 rings (SSSR count). The largest absolute Gasteiger partial charge is 0.294 e. The van der Waals surface area contributed by atoms with Gasteiger partial charge in [0.05, 0.1) is 0 Å². The zero-order valence-corrected chi connectivity index (χ0v) is 12.1. The lowest BCUT2D eigenvalue weighted by Gasteiger charge is -2.06. The van der Waals surface area contributed by atoms with E-state index in [-0.39, 0.29) is 0 Å². The summed E-state index contributed by atoms with van der Waals surface area (Å²) in [5.74, 6) is 0.308. The Morgan fingerprint density at radius 3 is 2.33 bits per heavy atom. The van der Waals surface area contributed by atoms with Crippen LogP contribution in [0.1, 0.15) is 73.4 Å². The van der Waals surface area contributed by atoms with E-state index in [2.05, 4.69) is 19.9 Å². The predicted molar refractivity (Wildman–Crippen MR) is 78.2 cm³/mol. The van der Waals surface area contributed by atoms with Gasteiger partial charge in [-0.2, -0.15) is 0 Å². The monoisotopic (exact) mass is 246 g/mol. The van der Waals surface area contributed by atoms with Crippen LogP contribution in [0.3, 0.4) is 0 Å². The van der Waals surface area contributed by atoms with Crippen LogP contribution in [-0.4, -0.2) is 5.78 Å². The molecule has 0 heterocycles. The fourth-order valence-corrected chi connectivity index (χ4v) is 2.33. The molecule has 18 heavy (non-hydrogen) atoms. The molecule has 0 saturated heterocycles. The van der Waals surface area contributed by atoms with Crippen LogP contribution in [0.2, 0.25) is 0 Å². The van der Waals surface area contributed by atoms with Gasteiger partial charge in [-0.05, 0) is 25.8 Å². The van der Waals surface area contributed by atoms with Crippen LogP contribution >= 0.6 is 0 Å². The highest BCUT2D eigenvalue weighted by atomic mass is 16.1. The second-order valence-corrected chi connectivity index (χ2v) is 5.26. The minimum atomic E-state index is 0.308. The number of benzene rings is 1. The molecule has 100 valence electrons. The minimum absolute atomic E-state index is 0.308. The summed E-state index contributed by atoms with van der Waals surface area (Å²) in [5, 5.41) is 0. The first-order valence-electron chi connectivity index (χ1n) is 7.25. The Labute approximate surface area is 112 Å².